The van der Waals surface area contributed by atoms with Crippen molar-refractivity contribution in [2.45, 2.75) is 0 Å². The zero-order valence-corrected chi connectivity index (χ0v) is 15.2. The first kappa shape index (κ1) is 16.7. The van der Waals surface area contributed by atoms with E-state index in [1.54, 1.807) is 6.07 Å². The number of fused-ring (bicyclic) bond motifs is 1. The van der Waals surface area contributed by atoms with Crippen molar-refractivity contribution >= 4 is 45.6 Å². The maximum absolute atomic E-state index is 8.31. The monoisotopic (exact) mass is 379 g/mol. The fourth-order valence-corrected chi connectivity index (χ4v) is 3.42. The zero-order chi connectivity index (χ0) is 18.1. The average molecular weight is 380 g/mol. The van der Waals surface area contributed by atoms with Crippen molar-refractivity contribution in [2.24, 2.45) is 0 Å². The lowest BCUT2D eigenvalue weighted by atomic mass is 10.1. The number of para-hydroxylation sites is 1. The number of anilines is 1. The third kappa shape index (κ3) is 3.45. The van der Waals surface area contributed by atoms with Crippen LogP contribution in [0.25, 0.3) is 22.2 Å². The van der Waals surface area contributed by atoms with Gasteiger partial charge in [0.25, 0.3) is 0 Å². The predicted molar refractivity (Wildman–Crippen MR) is 111 cm³/mol. The van der Waals surface area contributed by atoms with E-state index in [1.165, 1.54) is 0 Å². The lowest BCUT2D eigenvalue weighted by Crippen LogP contribution is -2.11. The number of hydrogen-bond donors (Lipinski definition) is 3. The van der Waals surface area contributed by atoms with E-state index in [4.69, 9.17) is 28.6 Å². The summed E-state index contributed by atoms with van der Waals surface area (Å²) in [5.74, 6) is 0.353. The van der Waals surface area contributed by atoms with Gasteiger partial charge in [0.15, 0.2) is 0 Å². The average Bonchev–Trinajstić information content (AvgIpc) is 3.05. The molecule has 0 aliphatic heterocycles. The highest BCUT2D eigenvalue weighted by molar-refractivity contribution is 6.35. The molecule has 0 aliphatic carbocycles. The Morgan fingerprint density at radius 1 is 0.846 bits per heavy atom. The van der Waals surface area contributed by atoms with Crippen molar-refractivity contribution < 1.29 is 0 Å². The second-order valence-electron chi connectivity index (χ2n) is 6.01. The Morgan fingerprint density at radius 2 is 1.58 bits per heavy atom. The van der Waals surface area contributed by atoms with Crippen molar-refractivity contribution in [1.82, 2.24) is 4.98 Å². The van der Waals surface area contributed by atoms with Crippen LogP contribution in [0.1, 0.15) is 5.56 Å². The number of nitrogens with one attached hydrogen (secondary N) is 3. The van der Waals surface area contributed by atoms with Crippen LogP contribution in [-0.2, 0) is 0 Å². The van der Waals surface area contributed by atoms with Crippen LogP contribution < -0.4 is 5.32 Å². The number of aromatic nitrogens is 1. The SMILES string of the molecule is N=C(Nc1ccccc1)c1ccc2[nH]c(-c3cc(Cl)cc(Cl)c3)cc2c1. The van der Waals surface area contributed by atoms with Gasteiger partial charge in [-0.05, 0) is 54.6 Å². The van der Waals surface area contributed by atoms with E-state index in [2.05, 4.69) is 10.3 Å². The molecule has 4 rings (SSSR count). The zero-order valence-electron chi connectivity index (χ0n) is 13.7. The third-order valence-corrected chi connectivity index (χ3v) is 4.56. The van der Waals surface area contributed by atoms with Gasteiger partial charge < -0.3 is 10.3 Å². The summed E-state index contributed by atoms with van der Waals surface area (Å²) < 4.78 is 0. The quantitative estimate of drug-likeness (QED) is 0.273. The summed E-state index contributed by atoms with van der Waals surface area (Å²) in [6.45, 7) is 0. The second-order valence-corrected chi connectivity index (χ2v) is 6.88. The van der Waals surface area contributed by atoms with Gasteiger partial charge in [-0.3, -0.25) is 5.41 Å². The van der Waals surface area contributed by atoms with E-state index in [9.17, 15) is 0 Å². The minimum Gasteiger partial charge on any atom is -0.355 e. The molecule has 0 atom stereocenters. The van der Waals surface area contributed by atoms with Gasteiger partial charge in [0.2, 0.25) is 0 Å². The number of halogens is 2. The molecule has 0 bridgehead atoms. The molecule has 0 fully saturated rings. The summed E-state index contributed by atoms with van der Waals surface area (Å²) in [5.41, 5.74) is 4.56. The van der Waals surface area contributed by atoms with Crippen LogP contribution in [0.3, 0.4) is 0 Å². The molecule has 0 unspecified atom stereocenters. The van der Waals surface area contributed by atoms with E-state index >= 15 is 0 Å². The highest BCUT2D eigenvalue weighted by atomic mass is 35.5. The Labute approximate surface area is 161 Å². The Balaban J connectivity index is 1.66. The van der Waals surface area contributed by atoms with E-state index in [0.29, 0.717) is 15.9 Å². The van der Waals surface area contributed by atoms with E-state index in [1.807, 2.05) is 66.7 Å². The lowest BCUT2D eigenvalue weighted by molar-refractivity contribution is 1.44. The summed E-state index contributed by atoms with van der Waals surface area (Å²) in [4.78, 5) is 3.37. The normalized spacial score (nSPS) is 10.8. The van der Waals surface area contributed by atoms with Crippen molar-refractivity contribution in [2.75, 3.05) is 5.32 Å². The van der Waals surface area contributed by atoms with Crippen molar-refractivity contribution in [1.29, 1.82) is 5.41 Å². The van der Waals surface area contributed by atoms with Gasteiger partial charge in [0.1, 0.15) is 5.84 Å². The molecular weight excluding hydrogens is 365 g/mol. The van der Waals surface area contributed by atoms with Crippen molar-refractivity contribution in [3.63, 3.8) is 0 Å². The fraction of sp³-hybridized carbons (Fsp3) is 0. The molecule has 26 heavy (non-hydrogen) atoms. The molecule has 0 saturated heterocycles. The summed E-state index contributed by atoms with van der Waals surface area (Å²) in [6.07, 6.45) is 0. The maximum atomic E-state index is 8.31. The number of rotatable bonds is 3. The predicted octanol–water partition coefficient (Wildman–Crippen LogP) is 6.58. The van der Waals surface area contributed by atoms with Gasteiger partial charge >= 0.3 is 0 Å². The topological polar surface area (TPSA) is 51.7 Å². The Bertz CT molecular complexity index is 1080. The number of amidine groups is 1. The van der Waals surface area contributed by atoms with Gasteiger partial charge in [0, 0.05) is 43.5 Å². The Hall–Kier alpha value is -2.75. The molecule has 0 amide bonds. The molecular formula is C21H15Cl2N3. The van der Waals surface area contributed by atoms with Gasteiger partial charge in [-0.25, -0.2) is 0 Å². The number of H-pyrrole nitrogens is 1. The van der Waals surface area contributed by atoms with E-state index in [-0.39, 0.29) is 0 Å². The largest absolute Gasteiger partial charge is 0.355 e. The molecule has 4 aromatic rings. The minimum atomic E-state index is 0.353. The van der Waals surface area contributed by atoms with Crippen LogP contribution in [0.15, 0.2) is 72.8 Å². The molecule has 3 aromatic carbocycles. The van der Waals surface area contributed by atoms with E-state index < -0.39 is 0 Å². The highest BCUT2D eigenvalue weighted by Gasteiger charge is 2.08. The highest BCUT2D eigenvalue weighted by Crippen LogP contribution is 2.29. The van der Waals surface area contributed by atoms with Crippen LogP contribution in [0, 0.1) is 5.41 Å². The molecule has 128 valence electrons. The smallest absolute Gasteiger partial charge is 0.129 e. The number of hydrogen-bond acceptors (Lipinski definition) is 1. The number of aromatic amines is 1. The van der Waals surface area contributed by atoms with Crippen molar-refractivity contribution in [3.8, 4) is 11.3 Å². The van der Waals surface area contributed by atoms with Gasteiger partial charge in [-0.2, -0.15) is 0 Å². The molecule has 1 heterocycles. The summed E-state index contributed by atoms with van der Waals surface area (Å²) in [7, 11) is 0. The summed E-state index contributed by atoms with van der Waals surface area (Å²) in [5, 5.41) is 13.6. The molecule has 0 radical (unpaired) electrons. The van der Waals surface area contributed by atoms with Gasteiger partial charge in [0.05, 0.1) is 0 Å². The van der Waals surface area contributed by atoms with Crippen molar-refractivity contribution in [3.05, 3.63) is 88.4 Å². The molecule has 0 saturated carbocycles. The first-order chi connectivity index (χ1) is 12.6. The van der Waals surface area contributed by atoms with Crippen LogP contribution in [0.4, 0.5) is 5.69 Å². The number of benzene rings is 3. The Morgan fingerprint density at radius 3 is 2.31 bits per heavy atom. The molecule has 0 aliphatic rings. The Kier molecular flexibility index (Phi) is 4.41. The standard InChI is InChI=1S/C21H15Cl2N3/c22-16-9-15(10-17(23)12-16)20-11-14-8-13(6-7-19(14)26-20)21(24)25-18-4-2-1-3-5-18/h1-12,26H,(H2,24,25). The van der Waals surface area contributed by atoms with E-state index in [0.717, 1.165) is 33.4 Å². The molecule has 0 spiro atoms. The van der Waals surface area contributed by atoms with Crippen LogP contribution in [0.5, 0.6) is 0 Å². The summed E-state index contributed by atoms with van der Waals surface area (Å²) >= 11 is 12.2. The van der Waals surface area contributed by atoms with Crippen LogP contribution in [0.2, 0.25) is 10.0 Å². The van der Waals surface area contributed by atoms with Gasteiger partial charge in [-0.15, -0.1) is 0 Å². The maximum Gasteiger partial charge on any atom is 0.129 e. The van der Waals surface area contributed by atoms with Gasteiger partial charge in [-0.1, -0.05) is 41.4 Å². The lowest BCUT2D eigenvalue weighted by Gasteiger charge is -2.07. The molecule has 3 nitrogen and oxygen atoms in total. The first-order valence-electron chi connectivity index (χ1n) is 8.09. The third-order valence-electron chi connectivity index (χ3n) is 4.13. The minimum absolute atomic E-state index is 0.353. The van der Waals surface area contributed by atoms with Crippen LogP contribution in [-0.4, -0.2) is 10.8 Å². The van der Waals surface area contributed by atoms with Crippen LogP contribution >= 0.6 is 23.2 Å². The molecule has 3 N–H and O–H groups in total. The molecule has 1 aromatic heterocycles. The second kappa shape index (κ2) is 6.87. The first-order valence-corrected chi connectivity index (χ1v) is 8.84. The fourth-order valence-electron chi connectivity index (χ4n) is 2.89. The summed E-state index contributed by atoms with van der Waals surface area (Å²) in [6, 6.07) is 23.1. The molecule has 5 heteroatoms.